The molecule has 9 heteroatoms. The van der Waals surface area contributed by atoms with Crippen molar-refractivity contribution in [1.82, 2.24) is 10.3 Å². The molecule has 3 aromatic carbocycles. The number of fused-ring (bicyclic) bond motifs is 3. The molecule has 0 aliphatic rings. The smallest absolute Gasteiger partial charge is 0.339 e. The molecule has 2 heterocycles. The number of rotatable bonds is 9. The Balaban J connectivity index is 1.63. The van der Waals surface area contributed by atoms with E-state index in [2.05, 4.69) is 10.3 Å². The van der Waals surface area contributed by atoms with Gasteiger partial charge in [0.05, 0.1) is 6.04 Å². The number of furan rings is 1. The summed E-state index contributed by atoms with van der Waals surface area (Å²) in [6.45, 7) is 1.02. The Morgan fingerprint density at radius 3 is 2.62 bits per heavy atom. The van der Waals surface area contributed by atoms with Gasteiger partial charge >= 0.3 is 5.97 Å². The minimum absolute atomic E-state index is 0.0398. The maximum absolute atomic E-state index is 12.1. The van der Waals surface area contributed by atoms with Crippen LogP contribution in [0.3, 0.4) is 0 Å². The van der Waals surface area contributed by atoms with Crippen LogP contribution in [0.15, 0.2) is 77.5 Å². The number of halogens is 1. The lowest BCUT2D eigenvalue weighted by Crippen LogP contribution is -2.28. The van der Waals surface area contributed by atoms with Crippen molar-refractivity contribution in [3.63, 3.8) is 0 Å². The second kappa shape index (κ2) is 10.5. The maximum Gasteiger partial charge on any atom is 0.339 e. The summed E-state index contributed by atoms with van der Waals surface area (Å²) < 4.78 is 11.7. The lowest BCUT2D eigenvalue weighted by atomic mass is 9.90. The average molecular weight is 518 g/mol. The third-order valence-electron chi connectivity index (χ3n) is 6.15. The molecular formula is C28H24ClN3O5. The van der Waals surface area contributed by atoms with Gasteiger partial charge in [0.2, 0.25) is 5.88 Å². The third-order valence-corrected chi connectivity index (χ3v) is 6.40. The molecule has 5 rings (SSSR count). The van der Waals surface area contributed by atoms with Crippen molar-refractivity contribution in [1.29, 1.82) is 0 Å². The molecule has 0 saturated heterocycles. The fourth-order valence-corrected chi connectivity index (χ4v) is 4.57. The summed E-state index contributed by atoms with van der Waals surface area (Å²) >= 11 is 5.96. The van der Waals surface area contributed by atoms with E-state index in [9.17, 15) is 15.0 Å². The summed E-state index contributed by atoms with van der Waals surface area (Å²) in [5, 5.41) is 26.9. The Hall–Kier alpha value is -4.11. The number of carboxylic acid groups (broad SMARTS) is 1. The molecule has 0 aliphatic carbocycles. The topological polar surface area (TPSA) is 131 Å². The van der Waals surface area contributed by atoms with E-state index in [-0.39, 0.29) is 17.9 Å². The van der Waals surface area contributed by atoms with Gasteiger partial charge in [-0.25, -0.2) is 9.78 Å². The summed E-state index contributed by atoms with van der Waals surface area (Å²) in [4.78, 5) is 16.4. The van der Waals surface area contributed by atoms with Crippen molar-refractivity contribution in [3.8, 4) is 11.6 Å². The second-order valence-electron chi connectivity index (χ2n) is 8.48. The van der Waals surface area contributed by atoms with Gasteiger partial charge in [-0.1, -0.05) is 48.0 Å². The lowest BCUT2D eigenvalue weighted by molar-refractivity contribution is 0.0698. The Morgan fingerprint density at radius 1 is 1.14 bits per heavy atom. The summed E-state index contributed by atoms with van der Waals surface area (Å²) in [7, 11) is 0. The van der Waals surface area contributed by atoms with Crippen LogP contribution in [-0.2, 0) is 6.61 Å². The molecule has 1 unspecified atom stereocenters. The van der Waals surface area contributed by atoms with Crippen molar-refractivity contribution in [2.75, 3.05) is 13.1 Å². The van der Waals surface area contributed by atoms with Crippen LogP contribution in [-0.4, -0.2) is 34.3 Å². The monoisotopic (exact) mass is 517 g/mol. The molecule has 0 saturated carbocycles. The molecule has 0 radical (unpaired) electrons. The highest BCUT2D eigenvalue weighted by atomic mass is 35.5. The largest absolute Gasteiger partial charge is 0.507 e. The average Bonchev–Trinajstić information content (AvgIpc) is 3.36. The first-order valence-electron chi connectivity index (χ1n) is 11.6. The number of ether oxygens (including phenoxy) is 1. The van der Waals surface area contributed by atoms with E-state index in [4.69, 9.17) is 26.5 Å². The summed E-state index contributed by atoms with van der Waals surface area (Å²) in [6, 6.07) is 17.4. The van der Waals surface area contributed by atoms with E-state index in [0.29, 0.717) is 56.9 Å². The molecule has 0 amide bonds. The highest BCUT2D eigenvalue weighted by molar-refractivity contribution is 6.30. The van der Waals surface area contributed by atoms with Gasteiger partial charge in [-0.3, -0.25) is 0 Å². The Morgan fingerprint density at radius 2 is 1.89 bits per heavy atom. The predicted octanol–water partition coefficient (Wildman–Crippen LogP) is 5.25. The molecule has 37 heavy (non-hydrogen) atoms. The normalized spacial score (nSPS) is 12.2. The van der Waals surface area contributed by atoms with Crippen LogP contribution in [0.25, 0.3) is 21.7 Å². The molecule has 5 N–H and O–H groups in total. The van der Waals surface area contributed by atoms with E-state index in [1.807, 2.05) is 12.1 Å². The van der Waals surface area contributed by atoms with E-state index in [1.165, 1.54) is 6.26 Å². The molecule has 5 aromatic rings. The van der Waals surface area contributed by atoms with E-state index in [1.54, 1.807) is 54.7 Å². The summed E-state index contributed by atoms with van der Waals surface area (Å²) in [6.07, 6.45) is 2.81. The molecule has 0 bridgehead atoms. The van der Waals surface area contributed by atoms with Gasteiger partial charge in [-0.15, -0.1) is 0 Å². The van der Waals surface area contributed by atoms with E-state index in [0.717, 1.165) is 5.56 Å². The highest BCUT2D eigenvalue weighted by Crippen LogP contribution is 2.44. The van der Waals surface area contributed by atoms with E-state index < -0.39 is 12.0 Å². The van der Waals surface area contributed by atoms with Crippen molar-refractivity contribution < 1.29 is 24.2 Å². The lowest BCUT2D eigenvalue weighted by Gasteiger charge is -2.23. The van der Waals surface area contributed by atoms with Crippen LogP contribution in [0.1, 0.15) is 33.1 Å². The second-order valence-corrected chi connectivity index (χ2v) is 8.92. The first kappa shape index (κ1) is 24.6. The van der Waals surface area contributed by atoms with Crippen LogP contribution in [0.2, 0.25) is 5.02 Å². The molecule has 0 fully saturated rings. The number of nitrogens with zero attached hydrogens (tertiary/aromatic N) is 1. The van der Waals surface area contributed by atoms with Crippen LogP contribution >= 0.6 is 11.6 Å². The number of phenolic OH excluding ortho intramolecular Hbond substituents is 1. The van der Waals surface area contributed by atoms with Gasteiger partial charge in [-0.05, 0) is 29.3 Å². The van der Waals surface area contributed by atoms with Crippen LogP contribution in [0, 0.1) is 0 Å². The number of phenols is 1. The maximum atomic E-state index is 12.1. The zero-order chi connectivity index (χ0) is 25.9. The van der Waals surface area contributed by atoms with Gasteiger partial charge < -0.3 is 30.4 Å². The van der Waals surface area contributed by atoms with Gasteiger partial charge in [0.25, 0.3) is 0 Å². The number of aromatic carboxylic acids is 1. The molecule has 188 valence electrons. The zero-order valence-corrected chi connectivity index (χ0v) is 20.4. The predicted molar refractivity (Wildman–Crippen MR) is 141 cm³/mol. The van der Waals surface area contributed by atoms with Crippen LogP contribution < -0.4 is 15.8 Å². The van der Waals surface area contributed by atoms with Crippen molar-refractivity contribution in [2.45, 2.75) is 12.6 Å². The van der Waals surface area contributed by atoms with Gasteiger partial charge in [0.1, 0.15) is 29.8 Å². The molecule has 0 spiro atoms. The van der Waals surface area contributed by atoms with Crippen LogP contribution in [0.5, 0.6) is 11.6 Å². The van der Waals surface area contributed by atoms with Gasteiger partial charge in [-0.2, -0.15) is 0 Å². The summed E-state index contributed by atoms with van der Waals surface area (Å²) in [5.41, 5.74) is 8.15. The Kier molecular flexibility index (Phi) is 6.96. The minimum atomic E-state index is -1.16. The molecular weight excluding hydrogens is 494 g/mol. The van der Waals surface area contributed by atoms with Crippen LogP contribution in [0.4, 0.5) is 0 Å². The third kappa shape index (κ3) is 4.82. The molecule has 8 nitrogen and oxygen atoms in total. The fourth-order valence-electron chi connectivity index (χ4n) is 4.45. The number of pyridine rings is 1. The number of nitrogens with two attached hydrogens (primary N) is 1. The van der Waals surface area contributed by atoms with Crippen molar-refractivity contribution >= 4 is 39.3 Å². The zero-order valence-electron chi connectivity index (χ0n) is 19.6. The number of aromatic nitrogens is 1. The number of hydrogen-bond donors (Lipinski definition) is 4. The minimum Gasteiger partial charge on any atom is -0.507 e. The molecule has 0 aliphatic heterocycles. The standard InChI is InChI=1S/C28H24ClN3O5/c29-18-7-5-16(6-8-18)14-36-22-13-17(9-11-31-22)25(32-12-10-30)24-23-21(28(34)35)15-37-27(23)20-4-2-1-3-19(20)26(24)33/h1-9,11,13,15,25,32-33H,10,12,14,30H2,(H,34,35). The Bertz CT molecular complexity index is 1580. The Labute approximate surface area is 217 Å². The van der Waals surface area contributed by atoms with Gasteiger partial charge in [0.15, 0.2) is 0 Å². The molecule has 1 atom stereocenters. The first-order chi connectivity index (χ1) is 18.0. The van der Waals surface area contributed by atoms with Crippen molar-refractivity contribution in [2.24, 2.45) is 5.73 Å². The van der Waals surface area contributed by atoms with Crippen molar-refractivity contribution in [3.05, 3.63) is 100 Å². The number of nitrogens with one attached hydrogen (secondary N) is 1. The molecule has 2 aromatic heterocycles. The van der Waals surface area contributed by atoms with E-state index >= 15 is 0 Å². The SMILES string of the molecule is NCCNC(c1ccnc(OCc2ccc(Cl)cc2)c1)c1c(O)c2ccccc2c2occ(C(=O)O)c12. The number of aromatic hydroxyl groups is 1. The quantitative estimate of drug-likeness (QED) is 0.208. The number of hydrogen-bond acceptors (Lipinski definition) is 7. The number of carbonyl (C=O) groups is 1. The number of benzene rings is 3. The first-order valence-corrected chi connectivity index (χ1v) is 12.0. The highest BCUT2D eigenvalue weighted by Gasteiger charge is 2.28. The number of carboxylic acids is 1. The van der Waals surface area contributed by atoms with Gasteiger partial charge in [0, 0.05) is 52.1 Å². The fraction of sp³-hybridized carbons (Fsp3) is 0.143. The summed E-state index contributed by atoms with van der Waals surface area (Å²) in [5.74, 6) is -0.829.